The van der Waals surface area contributed by atoms with Gasteiger partial charge in [-0.05, 0) is 64.0 Å². The van der Waals surface area contributed by atoms with Crippen molar-refractivity contribution in [1.82, 2.24) is 4.57 Å². The number of thiophene rings is 1. The van der Waals surface area contributed by atoms with Gasteiger partial charge < -0.3 is 9.47 Å². The number of nitrogens with zero attached hydrogens (tertiary/aromatic N) is 2. The lowest BCUT2D eigenvalue weighted by atomic mass is 9.69. The molecule has 7 aromatic rings. The maximum atomic E-state index is 2.51. The standard InChI is InChI=1S/C37H26N2S/c1-38(2)23-19-21-24(22-20-23)39-31-17-9-5-13-27(31)33-35(39)25-11-3-7-15-29(25)37(33)30-16-8-4-12-26(30)36-34(37)28-14-6-10-18-32(28)40-36/h3-22H,1-2H3/t37-/m0/s1. The van der Waals surface area contributed by atoms with Gasteiger partial charge in [0.15, 0.2) is 0 Å². The van der Waals surface area contributed by atoms with Crippen molar-refractivity contribution in [1.29, 1.82) is 0 Å². The number of hydrogen-bond acceptors (Lipinski definition) is 2. The number of para-hydroxylation sites is 1. The molecule has 3 heteroatoms. The second-order valence-electron chi connectivity index (χ2n) is 11.1. The van der Waals surface area contributed by atoms with Gasteiger partial charge in [0.1, 0.15) is 0 Å². The Labute approximate surface area is 237 Å². The van der Waals surface area contributed by atoms with E-state index in [9.17, 15) is 0 Å². The first kappa shape index (κ1) is 22.2. The second-order valence-corrected chi connectivity index (χ2v) is 12.2. The van der Waals surface area contributed by atoms with E-state index in [1.807, 2.05) is 11.3 Å². The van der Waals surface area contributed by atoms with Crippen LogP contribution in [0.15, 0.2) is 121 Å². The molecule has 1 spiro atoms. The maximum Gasteiger partial charge on any atom is 0.0762 e. The van der Waals surface area contributed by atoms with E-state index in [2.05, 4.69) is 145 Å². The minimum absolute atomic E-state index is 0.369. The average Bonchev–Trinajstić information content (AvgIpc) is 3.70. The van der Waals surface area contributed by atoms with E-state index in [1.54, 1.807) is 0 Å². The van der Waals surface area contributed by atoms with Gasteiger partial charge in [-0.1, -0.05) is 84.9 Å². The minimum Gasteiger partial charge on any atom is -0.378 e. The number of hydrogen-bond donors (Lipinski definition) is 0. The Balaban J connectivity index is 1.50. The highest BCUT2D eigenvalue weighted by molar-refractivity contribution is 7.22. The number of fused-ring (bicyclic) bond motifs is 14. The van der Waals surface area contributed by atoms with Crippen molar-refractivity contribution in [2.45, 2.75) is 5.41 Å². The first-order valence-corrected chi connectivity index (χ1v) is 14.6. The fourth-order valence-corrected chi connectivity index (χ4v) is 8.78. The van der Waals surface area contributed by atoms with Gasteiger partial charge in [-0.15, -0.1) is 11.3 Å². The van der Waals surface area contributed by atoms with Crippen LogP contribution in [0.3, 0.4) is 0 Å². The summed E-state index contributed by atoms with van der Waals surface area (Å²) in [4.78, 5) is 3.57. The first-order valence-electron chi connectivity index (χ1n) is 13.8. The summed E-state index contributed by atoms with van der Waals surface area (Å²) in [5, 5.41) is 2.69. The Kier molecular flexibility index (Phi) is 4.31. The Hall–Kier alpha value is -4.60. The fraction of sp³-hybridized carbons (Fsp3) is 0.0811. The van der Waals surface area contributed by atoms with E-state index in [4.69, 9.17) is 0 Å². The molecule has 1 atom stereocenters. The number of anilines is 1. The Bertz CT molecular complexity index is 2140. The molecule has 0 N–H and O–H groups in total. The van der Waals surface area contributed by atoms with Crippen molar-refractivity contribution in [2.24, 2.45) is 0 Å². The van der Waals surface area contributed by atoms with Gasteiger partial charge in [0, 0.05) is 51.6 Å². The van der Waals surface area contributed by atoms with Gasteiger partial charge in [0.25, 0.3) is 0 Å². The predicted molar refractivity (Wildman–Crippen MR) is 169 cm³/mol. The summed E-state index contributed by atoms with van der Waals surface area (Å²) in [5.41, 5.74) is 12.9. The summed E-state index contributed by atoms with van der Waals surface area (Å²) in [6.45, 7) is 0. The number of benzene rings is 5. The summed E-state index contributed by atoms with van der Waals surface area (Å²) >= 11 is 1.94. The van der Waals surface area contributed by atoms with Crippen molar-refractivity contribution in [3.05, 3.63) is 144 Å². The number of rotatable bonds is 2. The molecule has 40 heavy (non-hydrogen) atoms. The summed E-state index contributed by atoms with van der Waals surface area (Å²) in [5.74, 6) is 0. The van der Waals surface area contributed by atoms with Crippen molar-refractivity contribution in [3.63, 3.8) is 0 Å². The second kappa shape index (κ2) is 7.74. The molecule has 0 bridgehead atoms. The van der Waals surface area contributed by atoms with Crippen LogP contribution in [0.25, 0.3) is 48.4 Å². The van der Waals surface area contributed by atoms with Crippen LogP contribution >= 0.6 is 11.3 Å². The van der Waals surface area contributed by atoms with Gasteiger partial charge in [-0.2, -0.15) is 0 Å². The molecule has 0 amide bonds. The molecule has 2 nitrogen and oxygen atoms in total. The van der Waals surface area contributed by atoms with Crippen LogP contribution in [0.2, 0.25) is 0 Å². The molecule has 2 heterocycles. The Morgan fingerprint density at radius 3 is 2.00 bits per heavy atom. The van der Waals surface area contributed by atoms with E-state index in [1.165, 1.54) is 76.3 Å². The highest BCUT2D eigenvalue weighted by Gasteiger charge is 2.55. The maximum absolute atomic E-state index is 2.51. The molecule has 0 saturated carbocycles. The molecular formula is C37H26N2S. The summed E-state index contributed by atoms with van der Waals surface area (Å²) < 4.78 is 3.86. The lowest BCUT2D eigenvalue weighted by molar-refractivity contribution is 0.810. The Morgan fingerprint density at radius 2 is 1.23 bits per heavy atom. The van der Waals surface area contributed by atoms with E-state index in [0.717, 1.165) is 0 Å². The molecule has 5 aromatic carbocycles. The van der Waals surface area contributed by atoms with Crippen molar-refractivity contribution in [2.75, 3.05) is 19.0 Å². The van der Waals surface area contributed by atoms with Crippen LogP contribution in [0.5, 0.6) is 0 Å². The molecule has 0 aliphatic heterocycles. The van der Waals surface area contributed by atoms with Gasteiger partial charge in [0.2, 0.25) is 0 Å². The van der Waals surface area contributed by atoms with Gasteiger partial charge in [-0.25, -0.2) is 0 Å². The zero-order chi connectivity index (χ0) is 26.6. The van der Waals surface area contributed by atoms with E-state index in [-0.39, 0.29) is 5.41 Å². The van der Waals surface area contributed by atoms with E-state index in [0.29, 0.717) is 0 Å². The third-order valence-electron chi connectivity index (χ3n) is 9.01. The van der Waals surface area contributed by atoms with Crippen molar-refractivity contribution < 1.29 is 0 Å². The molecule has 0 unspecified atom stereocenters. The zero-order valence-electron chi connectivity index (χ0n) is 22.3. The van der Waals surface area contributed by atoms with Crippen LogP contribution < -0.4 is 4.90 Å². The monoisotopic (exact) mass is 530 g/mol. The molecule has 0 radical (unpaired) electrons. The molecule has 2 aromatic heterocycles. The highest BCUT2D eigenvalue weighted by atomic mass is 32.1. The van der Waals surface area contributed by atoms with E-state index >= 15 is 0 Å². The fourth-order valence-electron chi connectivity index (χ4n) is 7.48. The van der Waals surface area contributed by atoms with Crippen LogP contribution in [0.1, 0.15) is 22.3 Å². The quantitative estimate of drug-likeness (QED) is 0.216. The lowest BCUT2D eigenvalue weighted by Crippen LogP contribution is -2.25. The summed E-state index contributed by atoms with van der Waals surface area (Å²) in [6.07, 6.45) is 0. The van der Waals surface area contributed by atoms with Crippen LogP contribution in [0.4, 0.5) is 5.69 Å². The van der Waals surface area contributed by atoms with Gasteiger partial charge in [0.05, 0.1) is 16.6 Å². The Morgan fingerprint density at radius 1 is 0.600 bits per heavy atom. The molecule has 190 valence electrons. The van der Waals surface area contributed by atoms with Gasteiger partial charge >= 0.3 is 0 Å². The SMILES string of the molecule is CN(C)c1ccc(-n2c3c(c4ccccc42)[C@@]2(c4ccccc4-c4sc5ccccc5c42)c2ccccc2-3)cc1. The zero-order valence-corrected chi connectivity index (χ0v) is 23.2. The summed E-state index contributed by atoms with van der Waals surface area (Å²) in [7, 11) is 4.19. The average molecular weight is 531 g/mol. The van der Waals surface area contributed by atoms with E-state index < -0.39 is 0 Å². The highest BCUT2D eigenvalue weighted by Crippen LogP contribution is 2.67. The van der Waals surface area contributed by atoms with Gasteiger partial charge in [-0.3, -0.25) is 0 Å². The first-order chi connectivity index (χ1) is 19.7. The topological polar surface area (TPSA) is 8.17 Å². The normalized spacial score (nSPS) is 16.4. The third kappa shape index (κ3) is 2.54. The molecular weight excluding hydrogens is 504 g/mol. The molecule has 0 fully saturated rings. The number of aromatic nitrogens is 1. The van der Waals surface area contributed by atoms with Crippen LogP contribution in [-0.4, -0.2) is 18.7 Å². The molecule has 2 aliphatic rings. The lowest BCUT2D eigenvalue weighted by Gasteiger charge is -2.30. The molecule has 0 saturated heterocycles. The van der Waals surface area contributed by atoms with Crippen molar-refractivity contribution >= 4 is 38.0 Å². The van der Waals surface area contributed by atoms with Crippen LogP contribution in [0, 0.1) is 0 Å². The molecule has 9 rings (SSSR count). The smallest absolute Gasteiger partial charge is 0.0762 e. The third-order valence-corrected chi connectivity index (χ3v) is 10.2. The molecule has 2 aliphatic carbocycles. The summed E-state index contributed by atoms with van der Waals surface area (Å²) in [6, 6.07) is 45.2. The van der Waals surface area contributed by atoms with Crippen molar-refractivity contribution in [3.8, 4) is 27.4 Å². The predicted octanol–water partition coefficient (Wildman–Crippen LogP) is 9.25. The van der Waals surface area contributed by atoms with Crippen LogP contribution in [-0.2, 0) is 5.41 Å². The minimum atomic E-state index is -0.369. The largest absolute Gasteiger partial charge is 0.378 e.